The predicted octanol–water partition coefficient (Wildman–Crippen LogP) is 0.343. The van der Waals surface area contributed by atoms with E-state index in [9.17, 15) is 9.59 Å². The lowest BCUT2D eigenvalue weighted by atomic mass is 10.2. The molecule has 0 aliphatic rings. The van der Waals surface area contributed by atoms with Crippen LogP contribution in [0.25, 0.3) is 0 Å². The van der Waals surface area contributed by atoms with Gasteiger partial charge in [0.05, 0.1) is 12.3 Å². The minimum absolute atomic E-state index is 0.0526. The molecule has 1 atom stereocenters. The Labute approximate surface area is 124 Å². The van der Waals surface area contributed by atoms with Crippen molar-refractivity contribution >= 4 is 11.9 Å². The molecule has 0 fully saturated rings. The predicted molar refractivity (Wildman–Crippen MR) is 76.5 cm³/mol. The van der Waals surface area contributed by atoms with Crippen LogP contribution in [0.15, 0.2) is 0 Å². The number of hydrogen-bond acceptors (Lipinski definition) is 6. The van der Waals surface area contributed by atoms with E-state index in [-0.39, 0.29) is 24.8 Å². The summed E-state index contributed by atoms with van der Waals surface area (Å²) in [6.07, 6.45) is 0. The van der Waals surface area contributed by atoms with Gasteiger partial charge in [0.1, 0.15) is 6.04 Å². The zero-order valence-electron chi connectivity index (χ0n) is 13.0. The first-order chi connectivity index (χ1) is 10.0. The number of hydrogen-bond donors (Lipinski definition) is 1. The molecule has 1 aromatic rings. The second-order valence-electron chi connectivity index (χ2n) is 4.44. The molecule has 8 heteroatoms. The van der Waals surface area contributed by atoms with E-state index >= 15 is 0 Å². The minimum Gasteiger partial charge on any atom is -0.461 e. The topological polar surface area (TPSA) is 103 Å². The van der Waals surface area contributed by atoms with Crippen LogP contribution in [-0.2, 0) is 16.1 Å². The summed E-state index contributed by atoms with van der Waals surface area (Å²) in [6, 6.07) is -0.570. The van der Waals surface area contributed by atoms with Crippen molar-refractivity contribution < 1.29 is 14.3 Å². The van der Waals surface area contributed by atoms with Crippen molar-refractivity contribution in [2.24, 2.45) is 5.73 Å². The summed E-state index contributed by atoms with van der Waals surface area (Å²) in [4.78, 5) is 25.8. The highest BCUT2D eigenvalue weighted by Gasteiger charge is 2.27. The van der Waals surface area contributed by atoms with Crippen molar-refractivity contribution in [3.05, 3.63) is 11.4 Å². The third kappa shape index (κ3) is 3.57. The molecule has 2 N–H and O–H groups in total. The molecule has 0 aliphatic heterocycles. The van der Waals surface area contributed by atoms with Gasteiger partial charge in [0.25, 0.3) is 0 Å². The molecule has 0 aliphatic carbocycles. The molecule has 1 unspecified atom stereocenters. The van der Waals surface area contributed by atoms with Crippen molar-refractivity contribution in [2.45, 2.75) is 40.3 Å². The second-order valence-corrected chi connectivity index (χ2v) is 4.44. The highest BCUT2D eigenvalue weighted by Crippen LogP contribution is 2.15. The third-order valence-corrected chi connectivity index (χ3v) is 3.25. The Hall–Kier alpha value is -1.96. The van der Waals surface area contributed by atoms with Gasteiger partial charge in [-0.1, -0.05) is 5.21 Å². The van der Waals surface area contributed by atoms with E-state index in [0.717, 1.165) is 0 Å². The number of likely N-dealkylation sites (N-methyl/N-ethyl adjacent to an activating group) is 1. The third-order valence-electron chi connectivity index (χ3n) is 3.25. The number of nitrogens with two attached hydrogens (primary N) is 1. The van der Waals surface area contributed by atoms with Crippen LogP contribution < -0.4 is 5.73 Å². The highest BCUT2D eigenvalue weighted by atomic mass is 16.5. The van der Waals surface area contributed by atoms with Gasteiger partial charge in [-0.2, -0.15) is 0 Å². The lowest BCUT2D eigenvalue weighted by Gasteiger charge is -2.23. The first-order valence-electron chi connectivity index (χ1n) is 7.11. The first kappa shape index (κ1) is 17.1. The van der Waals surface area contributed by atoms with Crippen molar-refractivity contribution in [1.29, 1.82) is 0 Å². The van der Waals surface area contributed by atoms with Gasteiger partial charge in [-0.05, 0) is 27.7 Å². The first-order valence-corrected chi connectivity index (χ1v) is 7.11. The van der Waals surface area contributed by atoms with Gasteiger partial charge >= 0.3 is 5.97 Å². The van der Waals surface area contributed by atoms with Crippen LogP contribution in [0.1, 0.15) is 49.9 Å². The molecule has 21 heavy (non-hydrogen) atoms. The second kappa shape index (κ2) is 7.72. The van der Waals surface area contributed by atoms with Gasteiger partial charge in [-0.25, -0.2) is 9.48 Å². The van der Waals surface area contributed by atoms with E-state index in [1.165, 1.54) is 4.68 Å². The molecule has 0 saturated heterocycles. The monoisotopic (exact) mass is 297 g/mol. The summed E-state index contributed by atoms with van der Waals surface area (Å²) >= 11 is 0. The Morgan fingerprint density at radius 1 is 1.33 bits per heavy atom. The maximum atomic E-state index is 12.4. The molecule has 1 rings (SSSR count). The molecular formula is C13H23N5O3. The van der Waals surface area contributed by atoms with Crippen LogP contribution in [0, 0.1) is 0 Å². The standard InChI is InChI=1S/C13H23N5O3/c1-5-17(6-2)12(19)9(4)18-10(8-14)11(15-16-18)13(20)21-7-3/h9H,5-8,14H2,1-4H3. The Balaban J connectivity index is 3.08. The zero-order valence-corrected chi connectivity index (χ0v) is 13.0. The van der Waals surface area contributed by atoms with E-state index in [1.807, 2.05) is 13.8 Å². The van der Waals surface area contributed by atoms with Gasteiger partial charge in [-0.3, -0.25) is 4.79 Å². The van der Waals surface area contributed by atoms with E-state index in [1.54, 1.807) is 18.7 Å². The maximum absolute atomic E-state index is 12.4. The van der Waals surface area contributed by atoms with E-state index in [4.69, 9.17) is 10.5 Å². The van der Waals surface area contributed by atoms with Crippen molar-refractivity contribution in [2.75, 3.05) is 19.7 Å². The molecular weight excluding hydrogens is 274 g/mol. The van der Waals surface area contributed by atoms with Gasteiger partial charge in [-0.15, -0.1) is 5.10 Å². The van der Waals surface area contributed by atoms with Gasteiger partial charge in [0.2, 0.25) is 5.91 Å². The quantitative estimate of drug-likeness (QED) is 0.728. The number of ether oxygens (including phenoxy) is 1. The molecule has 0 radical (unpaired) electrons. The number of nitrogens with zero attached hydrogens (tertiary/aromatic N) is 4. The molecule has 118 valence electrons. The fourth-order valence-corrected chi connectivity index (χ4v) is 2.08. The summed E-state index contributed by atoms with van der Waals surface area (Å²) in [5.41, 5.74) is 6.15. The number of carbonyl (C=O) groups excluding carboxylic acids is 2. The summed E-state index contributed by atoms with van der Waals surface area (Å²) in [5, 5.41) is 7.71. The maximum Gasteiger partial charge on any atom is 0.360 e. The summed E-state index contributed by atoms with van der Waals surface area (Å²) in [6.45, 7) is 8.74. The van der Waals surface area contributed by atoms with Crippen LogP contribution in [0.2, 0.25) is 0 Å². The average molecular weight is 297 g/mol. The summed E-state index contributed by atoms with van der Waals surface area (Å²) < 4.78 is 6.30. The molecule has 8 nitrogen and oxygen atoms in total. The number of amides is 1. The van der Waals surface area contributed by atoms with Crippen LogP contribution in [0.5, 0.6) is 0 Å². The lowest BCUT2D eigenvalue weighted by molar-refractivity contribution is -0.134. The molecule has 1 amide bonds. The molecule has 0 aromatic carbocycles. The largest absolute Gasteiger partial charge is 0.461 e. The SMILES string of the molecule is CCOC(=O)c1nnn(C(C)C(=O)N(CC)CC)c1CN. The van der Waals surface area contributed by atoms with Crippen molar-refractivity contribution in [3.63, 3.8) is 0 Å². The molecule has 0 bridgehead atoms. The van der Waals surface area contributed by atoms with Crippen LogP contribution >= 0.6 is 0 Å². The molecule has 0 spiro atoms. The minimum atomic E-state index is -0.577. The Morgan fingerprint density at radius 2 is 1.95 bits per heavy atom. The average Bonchev–Trinajstić information content (AvgIpc) is 2.91. The van der Waals surface area contributed by atoms with E-state index in [2.05, 4.69) is 10.3 Å². The van der Waals surface area contributed by atoms with Crippen LogP contribution in [0.3, 0.4) is 0 Å². The number of esters is 1. The van der Waals surface area contributed by atoms with Gasteiger partial charge in [0, 0.05) is 19.6 Å². The summed E-state index contributed by atoms with van der Waals surface area (Å²) in [7, 11) is 0. The van der Waals surface area contributed by atoms with E-state index < -0.39 is 12.0 Å². The van der Waals surface area contributed by atoms with Gasteiger partial charge in [0.15, 0.2) is 5.69 Å². The molecule has 1 heterocycles. The van der Waals surface area contributed by atoms with Crippen molar-refractivity contribution in [1.82, 2.24) is 19.9 Å². The summed E-state index contributed by atoms with van der Waals surface area (Å²) in [5.74, 6) is -0.665. The number of carbonyl (C=O) groups is 2. The van der Waals surface area contributed by atoms with Crippen LogP contribution in [-0.4, -0.2) is 51.5 Å². The smallest absolute Gasteiger partial charge is 0.360 e. The Kier molecular flexibility index (Phi) is 6.29. The lowest BCUT2D eigenvalue weighted by Crippen LogP contribution is -2.37. The Morgan fingerprint density at radius 3 is 2.43 bits per heavy atom. The fourth-order valence-electron chi connectivity index (χ4n) is 2.08. The van der Waals surface area contributed by atoms with E-state index in [0.29, 0.717) is 18.8 Å². The van der Waals surface area contributed by atoms with Crippen LogP contribution in [0.4, 0.5) is 0 Å². The van der Waals surface area contributed by atoms with Crippen molar-refractivity contribution in [3.8, 4) is 0 Å². The normalized spacial score (nSPS) is 12.0. The van der Waals surface area contributed by atoms with Gasteiger partial charge < -0.3 is 15.4 Å². The Bertz CT molecular complexity index is 496. The molecule has 1 aromatic heterocycles. The molecule has 0 saturated carbocycles. The highest BCUT2D eigenvalue weighted by molar-refractivity contribution is 5.88. The number of rotatable bonds is 7. The fraction of sp³-hybridized carbons (Fsp3) is 0.692. The number of aromatic nitrogens is 3. The zero-order chi connectivity index (χ0) is 16.0.